The van der Waals surface area contributed by atoms with E-state index >= 15 is 0 Å². The summed E-state index contributed by atoms with van der Waals surface area (Å²) in [4.78, 5) is 0. The van der Waals surface area contributed by atoms with E-state index in [0.717, 1.165) is 25.9 Å². The Balaban J connectivity index is 2.03. The van der Waals surface area contributed by atoms with Gasteiger partial charge < -0.3 is 10.6 Å². The SMILES string of the molecule is Fc1cc(Cl)ccc1NC1CCNCC1. The van der Waals surface area contributed by atoms with Crippen LogP contribution < -0.4 is 10.6 Å². The van der Waals surface area contributed by atoms with Crippen molar-refractivity contribution in [3.05, 3.63) is 29.0 Å². The van der Waals surface area contributed by atoms with Crippen molar-refractivity contribution in [2.24, 2.45) is 0 Å². The highest BCUT2D eigenvalue weighted by molar-refractivity contribution is 6.30. The maximum absolute atomic E-state index is 13.4. The van der Waals surface area contributed by atoms with E-state index < -0.39 is 0 Å². The van der Waals surface area contributed by atoms with Gasteiger partial charge in [0.25, 0.3) is 0 Å². The van der Waals surface area contributed by atoms with Gasteiger partial charge in [0.1, 0.15) is 5.82 Å². The molecule has 0 unspecified atom stereocenters. The average molecular weight is 229 g/mol. The number of anilines is 1. The minimum Gasteiger partial charge on any atom is -0.380 e. The molecule has 15 heavy (non-hydrogen) atoms. The highest BCUT2D eigenvalue weighted by atomic mass is 35.5. The van der Waals surface area contributed by atoms with Gasteiger partial charge in [-0.2, -0.15) is 0 Å². The molecule has 1 aliphatic rings. The van der Waals surface area contributed by atoms with E-state index in [4.69, 9.17) is 11.6 Å². The highest BCUT2D eigenvalue weighted by Gasteiger charge is 2.14. The molecule has 2 nitrogen and oxygen atoms in total. The summed E-state index contributed by atoms with van der Waals surface area (Å²) in [5.41, 5.74) is 0.548. The van der Waals surface area contributed by atoms with Gasteiger partial charge in [-0.15, -0.1) is 0 Å². The summed E-state index contributed by atoms with van der Waals surface area (Å²) < 4.78 is 13.4. The molecule has 2 rings (SSSR count). The van der Waals surface area contributed by atoms with Crippen LogP contribution in [0.2, 0.25) is 5.02 Å². The van der Waals surface area contributed by atoms with E-state index in [2.05, 4.69) is 10.6 Å². The first-order chi connectivity index (χ1) is 7.25. The standard InChI is InChI=1S/C11H14ClFN2/c12-8-1-2-11(10(13)7-8)15-9-3-5-14-6-4-9/h1-2,7,9,14-15H,3-6H2. The molecule has 0 aliphatic carbocycles. The van der Waals surface area contributed by atoms with Crippen LogP contribution in [-0.2, 0) is 0 Å². The minimum atomic E-state index is -0.277. The first-order valence-electron chi connectivity index (χ1n) is 5.18. The summed E-state index contributed by atoms with van der Waals surface area (Å²) in [6.45, 7) is 1.99. The van der Waals surface area contributed by atoms with Gasteiger partial charge in [-0.25, -0.2) is 4.39 Å². The zero-order valence-corrected chi connectivity index (χ0v) is 9.15. The summed E-state index contributed by atoms with van der Waals surface area (Å²) in [5, 5.41) is 6.91. The molecule has 1 aromatic rings. The second kappa shape index (κ2) is 4.81. The lowest BCUT2D eigenvalue weighted by Gasteiger charge is -2.24. The van der Waals surface area contributed by atoms with Crippen molar-refractivity contribution in [1.29, 1.82) is 0 Å². The maximum Gasteiger partial charge on any atom is 0.147 e. The number of halogens is 2. The molecule has 0 spiro atoms. The van der Waals surface area contributed by atoms with Crippen LogP contribution in [0.5, 0.6) is 0 Å². The molecule has 0 amide bonds. The predicted octanol–water partition coefficient (Wildman–Crippen LogP) is 2.64. The molecule has 1 aromatic carbocycles. The molecule has 0 aromatic heterocycles. The highest BCUT2D eigenvalue weighted by Crippen LogP contribution is 2.21. The van der Waals surface area contributed by atoms with Gasteiger partial charge in [-0.3, -0.25) is 0 Å². The molecule has 1 fully saturated rings. The van der Waals surface area contributed by atoms with Crippen molar-refractivity contribution >= 4 is 17.3 Å². The van der Waals surface area contributed by atoms with E-state index in [-0.39, 0.29) is 5.82 Å². The van der Waals surface area contributed by atoms with Crippen LogP contribution in [0, 0.1) is 5.82 Å². The first kappa shape index (κ1) is 10.7. The third-order valence-electron chi connectivity index (χ3n) is 2.63. The van der Waals surface area contributed by atoms with E-state index in [1.54, 1.807) is 12.1 Å². The Morgan fingerprint density at radius 1 is 1.33 bits per heavy atom. The minimum absolute atomic E-state index is 0.277. The van der Waals surface area contributed by atoms with E-state index in [1.807, 2.05) is 0 Å². The fraction of sp³-hybridized carbons (Fsp3) is 0.455. The average Bonchev–Trinajstić information content (AvgIpc) is 2.24. The lowest BCUT2D eigenvalue weighted by atomic mass is 10.1. The third kappa shape index (κ3) is 2.83. The fourth-order valence-electron chi connectivity index (χ4n) is 1.79. The Hall–Kier alpha value is -0.800. The molecule has 4 heteroatoms. The first-order valence-corrected chi connectivity index (χ1v) is 5.56. The van der Waals surface area contributed by atoms with Crippen LogP contribution >= 0.6 is 11.6 Å². The van der Waals surface area contributed by atoms with Crippen molar-refractivity contribution in [1.82, 2.24) is 5.32 Å². The zero-order chi connectivity index (χ0) is 10.7. The molecular formula is C11H14ClFN2. The molecule has 82 valence electrons. The summed E-state index contributed by atoms with van der Waals surface area (Å²) >= 11 is 5.68. The number of benzene rings is 1. The van der Waals surface area contributed by atoms with Crippen molar-refractivity contribution in [3.8, 4) is 0 Å². The van der Waals surface area contributed by atoms with Crippen molar-refractivity contribution in [2.75, 3.05) is 18.4 Å². The number of hydrogen-bond donors (Lipinski definition) is 2. The molecule has 2 N–H and O–H groups in total. The number of rotatable bonds is 2. The number of hydrogen-bond acceptors (Lipinski definition) is 2. The second-order valence-electron chi connectivity index (χ2n) is 3.79. The fourth-order valence-corrected chi connectivity index (χ4v) is 1.95. The lowest BCUT2D eigenvalue weighted by molar-refractivity contribution is 0.477. The van der Waals surface area contributed by atoms with Gasteiger partial charge in [0, 0.05) is 11.1 Å². The summed E-state index contributed by atoms with van der Waals surface area (Å²) in [6.07, 6.45) is 2.06. The van der Waals surface area contributed by atoms with E-state index in [1.165, 1.54) is 6.07 Å². The van der Waals surface area contributed by atoms with Crippen molar-refractivity contribution in [3.63, 3.8) is 0 Å². The monoisotopic (exact) mass is 228 g/mol. The number of piperidine rings is 1. The predicted molar refractivity (Wildman–Crippen MR) is 60.9 cm³/mol. The van der Waals surface area contributed by atoms with Crippen LogP contribution in [0.15, 0.2) is 18.2 Å². The second-order valence-corrected chi connectivity index (χ2v) is 4.23. The van der Waals surface area contributed by atoms with Crippen molar-refractivity contribution < 1.29 is 4.39 Å². The molecule has 0 radical (unpaired) electrons. The number of nitrogens with one attached hydrogen (secondary N) is 2. The molecule has 0 atom stereocenters. The van der Waals surface area contributed by atoms with Gasteiger partial charge in [0.2, 0.25) is 0 Å². The van der Waals surface area contributed by atoms with Crippen LogP contribution in [0.1, 0.15) is 12.8 Å². The Morgan fingerprint density at radius 2 is 2.07 bits per heavy atom. The van der Waals surface area contributed by atoms with Gasteiger partial charge >= 0.3 is 0 Å². The Morgan fingerprint density at radius 3 is 2.73 bits per heavy atom. The maximum atomic E-state index is 13.4. The summed E-state index contributed by atoms with van der Waals surface area (Å²) in [5.74, 6) is -0.277. The molecule has 1 aliphatic heterocycles. The molecule has 0 saturated carbocycles. The molecular weight excluding hydrogens is 215 g/mol. The van der Waals surface area contributed by atoms with Crippen LogP contribution in [-0.4, -0.2) is 19.1 Å². The summed E-state index contributed by atoms with van der Waals surface area (Å²) in [7, 11) is 0. The van der Waals surface area contributed by atoms with Gasteiger partial charge in [-0.1, -0.05) is 11.6 Å². The van der Waals surface area contributed by atoms with Crippen LogP contribution in [0.4, 0.5) is 10.1 Å². The van der Waals surface area contributed by atoms with Crippen LogP contribution in [0.3, 0.4) is 0 Å². The van der Waals surface area contributed by atoms with Crippen molar-refractivity contribution in [2.45, 2.75) is 18.9 Å². The summed E-state index contributed by atoms with van der Waals surface area (Å²) in [6, 6.07) is 5.10. The Kier molecular flexibility index (Phi) is 3.44. The third-order valence-corrected chi connectivity index (χ3v) is 2.87. The Labute approximate surface area is 93.8 Å². The van der Waals surface area contributed by atoms with Gasteiger partial charge in [0.05, 0.1) is 5.69 Å². The quantitative estimate of drug-likeness (QED) is 0.813. The molecule has 1 saturated heterocycles. The van der Waals surface area contributed by atoms with Crippen LogP contribution in [0.25, 0.3) is 0 Å². The topological polar surface area (TPSA) is 24.1 Å². The largest absolute Gasteiger partial charge is 0.380 e. The molecule has 0 bridgehead atoms. The lowest BCUT2D eigenvalue weighted by Crippen LogP contribution is -2.35. The smallest absolute Gasteiger partial charge is 0.147 e. The Bertz CT molecular complexity index is 337. The molecule has 1 heterocycles. The van der Waals surface area contributed by atoms with E-state index in [9.17, 15) is 4.39 Å². The zero-order valence-electron chi connectivity index (χ0n) is 8.39. The van der Waals surface area contributed by atoms with E-state index in [0.29, 0.717) is 16.8 Å². The van der Waals surface area contributed by atoms with Gasteiger partial charge in [0.15, 0.2) is 0 Å². The van der Waals surface area contributed by atoms with Gasteiger partial charge in [-0.05, 0) is 44.1 Å². The normalized spacial score (nSPS) is 17.7.